The zero-order chi connectivity index (χ0) is 22.9. The Morgan fingerprint density at radius 2 is 1.61 bits per heavy atom. The monoisotopic (exact) mass is 451 g/mol. The Balaban J connectivity index is 0.000000221. The molecule has 31 heavy (non-hydrogen) atoms. The van der Waals surface area contributed by atoms with Crippen molar-refractivity contribution in [2.75, 3.05) is 46.0 Å². The van der Waals surface area contributed by atoms with Gasteiger partial charge in [0.25, 0.3) is 0 Å². The largest absolute Gasteiger partial charge is 0.370 e. The predicted molar refractivity (Wildman–Crippen MR) is 125 cm³/mol. The molecule has 0 spiro atoms. The van der Waals surface area contributed by atoms with E-state index >= 15 is 0 Å². The average molecular weight is 452 g/mol. The van der Waals surface area contributed by atoms with E-state index in [0.29, 0.717) is 23.8 Å². The van der Waals surface area contributed by atoms with Crippen LogP contribution in [0, 0.1) is 0 Å². The second-order valence-corrected chi connectivity index (χ2v) is 10.4. The first-order valence-corrected chi connectivity index (χ1v) is 12.9. The van der Waals surface area contributed by atoms with E-state index in [1.807, 2.05) is 17.0 Å². The van der Waals surface area contributed by atoms with E-state index in [0.717, 1.165) is 26.2 Å². The van der Waals surface area contributed by atoms with Crippen molar-refractivity contribution in [3.05, 3.63) is 29.8 Å². The third-order valence-corrected chi connectivity index (χ3v) is 6.99. The summed E-state index contributed by atoms with van der Waals surface area (Å²) in [7, 11) is -0.994. The molecule has 1 aromatic rings. The molecule has 8 nitrogen and oxygen atoms in total. The number of nitrogens with two attached hydrogens (primary N) is 2. The van der Waals surface area contributed by atoms with Gasteiger partial charge in [0.1, 0.15) is 0 Å². The van der Waals surface area contributed by atoms with Gasteiger partial charge in [-0.15, -0.1) is 0 Å². The Morgan fingerprint density at radius 1 is 1.03 bits per heavy atom. The number of carbonyl (C=O) groups excluding carboxylic acids is 1. The summed E-state index contributed by atoms with van der Waals surface area (Å²) in [5.41, 5.74) is 11.6. The Morgan fingerprint density at radius 3 is 2.13 bits per heavy atom. The van der Waals surface area contributed by atoms with Crippen LogP contribution in [0.4, 0.5) is 0 Å². The second kappa shape index (κ2) is 12.0. The van der Waals surface area contributed by atoms with Crippen LogP contribution in [-0.4, -0.2) is 76.1 Å². The van der Waals surface area contributed by atoms with Crippen LogP contribution >= 0.6 is 0 Å². The number of sulfone groups is 1. The Labute approximate surface area is 186 Å². The number of carbonyl (C=O) groups is 1. The Kier molecular flexibility index (Phi) is 9.77. The molecule has 9 heteroatoms. The zero-order valence-electron chi connectivity index (χ0n) is 18.8. The van der Waals surface area contributed by atoms with Crippen molar-refractivity contribution in [2.24, 2.45) is 16.5 Å². The van der Waals surface area contributed by atoms with Crippen LogP contribution in [0.2, 0.25) is 0 Å². The van der Waals surface area contributed by atoms with Crippen LogP contribution in [0.25, 0.3) is 0 Å². The Hall–Kier alpha value is -2.13. The average Bonchev–Trinajstić information content (AvgIpc) is 2.74. The molecule has 0 unspecified atom stereocenters. The summed E-state index contributed by atoms with van der Waals surface area (Å²) in [5, 5.41) is 0. The van der Waals surface area contributed by atoms with Crippen molar-refractivity contribution >= 4 is 21.7 Å². The normalized spacial score (nSPS) is 18.1. The minimum absolute atomic E-state index is 0.0428. The number of amides is 1. The molecule has 1 saturated heterocycles. The molecule has 174 valence electrons. The smallest absolute Gasteiger partial charge is 0.224 e. The molecule has 1 amide bonds. The van der Waals surface area contributed by atoms with Gasteiger partial charge in [0.15, 0.2) is 15.8 Å². The maximum atomic E-state index is 11.6. The van der Waals surface area contributed by atoms with E-state index in [2.05, 4.69) is 16.9 Å². The molecule has 0 bridgehead atoms. The van der Waals surface area contributed by atoms with Gasteiger partial charge in [0.05, 0.1) is 11.4 Å². The molecular weight excluding hydrogens is 414 g/mol. The molecule has 2 aliphatic rings. The number of aliphatic imine (C=N–C) groups is 1. The van der Waals surface area contributed by atoms with Gasteiger partial charge in [-0.05, 0) is 43.5 Å². The maximum absolute atomic E-state index is 11.6. The summed E-state index contributed by atoms with van der Waals surface area (Å²) >= 11 is 0. The third-order valence-electron chi connectivity index (χ3n) is 5.86. The molecule has 1 aliphatic carbocycles. The highest BCUT2D eigenvalue weighted by molar-refractivity contribution is 7.90. The van der Waals surface area contributed by atoms with E-state index in [-0.39, 0.29) is 11.9 Å². The minimum atomic E-state index is -3.05. The van der Waals surface area contributed by atoms with E-state index < -0.39 is 9.84 Å². The number of hydrogen-bond donors (Lipinski definition) is 2. The van der Waals surface area contributed by atoms with Crippen molar-refractivity contribution in [1.29, 1.82) is 0 Å². The second-order valence-electron chi connectivity index (χ2n) is 8.42. The molecule has 1 aromatic carbocycles. The fourth-order valence-electron chi connectivity index (χ4n) is 3.92. The minimum Gasteiger partial charge on any atom is -0.370 e. The van der Waals surface area contributed by atoms with Crippen LogP contribution in [0.5, 0.6) is 0 Å². The first kappa shape index (κ1) is 25.1. The van der Waals surface area contributed by atoms with Gasteiger partial charge in [-0.1, -0.05) is 31.4 Å². The lowest BCUT2D eigenvalue weighted by Crippen LogP contribution is -2.47. The predicted octanol–water partition coefficient (Wildman–Crippen LogP) is 1.56. The first-order valence-electron chi connectivity index (χ1n) is 11.0. The van der Waals surface area contributed by atoms with Gasteiger partial charge in [-0.25, -0.2) is 8.42 Å². The summed E-state index contributed by atoms with van der Waals surface area (Å²) in [6.45, 7) is 3.86. The molecular formula is C22H37N5O3S. The van der Waals surface area contributed by atoms with Crippen molar-refractivity contribution in [2.45, 2.75) is 49.3 Å². The number of likely N-dealkylation sites (N-methyl/N-ethyl adjacent to an activating group) is 1. The van der Waals surface area contributed by atoms with Gasteiger partial charge in [0, 0.05) is 38.9 Å². The van der Waals surface area contributed by atoms with Crippen molar-refractivity contribution in [3.8, 4) is 0 Å². The molecule has 0 radical (unpaired) electrons. The van der Waals surface area contributed by atoms with E-state index in [9.17, 15) is 13.2 Å². The summed E-state index contributed by atoms with van der Waals surface area (Å²) in [6, 6.07) is 7.43. The van der Waals surface area contributed by atoms with Crippen molar-refractivity contribution < 1.29 is 13.2 Å². The van der Waals surface area contributed by atoms with Crippen LogP contribution in [-0.2, 0) is 14.6 Å². The molecule has 3 rings (SSSR count). The van der Waals surface area contributed by atoms with Gasteiger partial charge >= 0.3 is 0 Å². The number of nitrogens with zero attached hydrogens (tertiary/aromatic N) is 3. The van der Waals surface area contributed by atoms with Gasteiger partial charge < -0.3 is 21.3 Å². The lowest BCUT2D eigenvalue weighted by Gasteiger charge is -2.32. The van der Waals surface area contributed by atoms with E-state index in [4.69, 9.17) is 11.5 Å². The summed E-state index contributed by atoms with van der Waals surface area (Å²) in [6.07, 6.45) is 8.09. The fraction of sp³-hybridized carbons (Fsp3) is 0.636. The van der Waals surface area contributed by atoms with Crippen LogP contribution < -0.4 is 11.5 Å². The van der Waals surface area contributed by atoms with Crippen molar-refractivity contribution in [3.63, 3.8) is 0 Å². The topological polar surface area (TPSA) is 122 Å². The number of hydrogen-bond acceptors (Lipinski definition) is 5. The van der Waals surface area contributed by atoms with Crippen LogP contribution in [0.15, 0.2) is 34.2 Å². The molecule has 4 N–H and O–H groups in total. The van der Waals surface area contributed by atoms with Crippen LogP contribution in [0.3, 0.4) is 0 Å². The lowest BCUT2D eigenvalue weighted by molar-refractivity contribution is -0.132. The maximum Gasteiger partial charge on any atom is 0.224 e. The lowest BCUT2D eigenvalue weighted by atomic mass is 9.84. The SMILES string of the molecule is CN1CCN(C(=O)CCN=C(N)N)CC1.CS(=O)(=O)c1ccc(C2CCCCC2)cc1. The van der Waals surface area contributed by atoms with Gasteiger partial charge in [-0.3, -0.25) is 9.79 Å². The molecule has 1 heterocycles. The van der Waals surface area contributed by atoms with Crippen molar-refractivity contribution in [1.82, 2.24) is 9.80 Å². The standard InChI is InChI=1S/C13H18O2S.C9H19N5O/c1-16(14,15)13-9-7-12(8-10-13)11-5-3-2-4-6-11;1-13-4-6-14(7-5-13)8(15)2-3-12-9(10)11/h7-11H,2-6H2,1H3;2-7H2,1H3,(H4,10,11,12). The van der Waals surface area contributed by atoms with Gasteiger partial charge in [-0.2, -0.15) is 0 Å². The highest BCUT2D eigenvalue weighted by atomic mass is 32.2. The molecule has 0 aromatic heterocycles. The number of guanidine groups is 1. The quantitative estimate of drug-likeness (QED) is 0.517. The molecule has 1 aliphatic heterocycles. The summed E-state index contributed by atoms with van der Waals surface area (Å²) in [4.78, 5) is 19.9. The van der Waals surface area contributed by atoms with E-state index in [1.54, 1.807) is 12.1 Å². The number of benzene rings is 1. The van der Waals surface area contributed by atoms with Crippen LogP contribution in [0.1, 0.15) is 50.0 Å². The highest BCUT2D eigenvalue weighted by Crippen LogP contribution is 2.32. The van der Waals surface area contributed by atoms with Gasteiger partial charge in [0.2, 0.25) is 5.91 Å². The first-order chi connectivity index (χ1) is 14.7. The summed E-state index contributed by atoms with van der Waals surface area (Å²) in [5.74, 6) is 0.816. The summed E-state index contributed by atoms with van der Waals surface area (Å²) < 4.78 is 22.6. The zero-order valence-corrected chi connectivity index (χ0v) is 19.6. The Bertz CT molecular complexity index is 821. The highest BCUT2D eigenvalue weighted by Gasteiger charge is 2.18. The molecule has 2 fully saturated rings. The number of rotatable bonds is 5. The number of piperazine rings is 1. The molecule has 0 atom stereocenters. The fourth-order valence-corrected chi connectivity index (χ4v) is 4.55. The van der Waals surface area contributed by atoms with E-state index in [1.165, 1.54) is 43.9 Å². The molecule has 1 saturated carbocycles. The third kappa shape index (κ3) is 8.86.